The van der Waals surface area contributed by atoms with Gasteiger partial charge in [0.05, 0.1) is 0 Å². The predicted octanol–water partition coefficient (Wildman–Crippen LogP) is 3.44. The number of halogens is 1. The maximum absolute atomic E-state index is 4.60. The lowest BCUT2D eigenvalue weighted by Crippen LogP contribution is -2.05. The van der Waals surface area contributed by atoms with Crippen molar-refractivity contribution in [3.05, 3.63) is 20.8 Å². The van der Waals surface area contributed by atoms with Crippen LogP contribution >= 0.6 is 22.6 Å². The predicted molar refractivity (Wildman–Crippen MR) is 70.0 cm³/mol. The molecule has 82 valence electrons. The summed E-state index contributed by atoms with van der Waals surface area (Å²) in [6.45, 7) is 2.00. The molecule has 0 spiro atoms. The maximum Gasteiger partial charge on any atom is 0.126 e. The average Bonchev–Trinajstić information content (AvgIpc) is 2.29. The number of aryl methyl sites for hydroxylation is 2. The van der Waals surface area contributed by atoms with Crippen molar-refractivity contribution in [3.63, 3.8) is 0 Å². The fraction of sp³-hybridized carbons (Fsp3) is 0.667. The Labute approximate surface area is 105 Å². The lowest BCUT2D eigenvalue weighted by Gasteiger charge is -2.09. The van der Waals surface area contributed by atoms with Crippen molar-refractivity contribution in [1.29, 1.82) is 0 Å². The Morgan fingerprint density at radius 3 is 2.40 bits per heavy atom. The molecule has 0 bridgehead atoms. The van der Waals surface area contributed by atoms with Crippen LogP contribution in [0.5, 0.6) is 0 Å². The fourth-order valence-corrected chi connectivity index (χ4v) is 3.13. The van der Waals surface area contributed by atoms with Gasteiger partial charge in [-0.15, -0.1) is 0 Å². The Balaban J connectivity index is 2.33. The summed E-state index contributed by atoms with van der Waals surface area (Å²) in [5.74, 6) is 0.928. The van der Waals surface area contributed by atoms with Crippen LogP contribution in [0.15, 0.2) is 0 Å². The van der Waals surface area contributed by atoms with Crippen molar-refractivity contribution in [2.24, 2.45) is 0 Å². The molecule has 1 aromatic heterocycles. The van der Waals surface area contributed by atoms with Gasteiger partial charge in [0.2, 0.25) is 0 Å². The summed E-state index contributed by atoms with van der Waals surface area (Å²) >= 11 is 2.36. The summed E-state index contributed by atoms with van der Waals surface area (Å²) in [5, 5.41) is 0. The van der Waals surface area contributed by atoms with Crippen molar-refractivity contribution in [2.75, 3.05) is 0 Å². The first-order valence-electron chi connectivity index (χ1n) is 5.79. The quantitative estimate of drug-likeness (QED) is 0.541. The van der Waals surface area contributed by atoms with Crippen LogP contribution in [-0.4, -0.2) is 9.97 Å². The van der Waals surface area contributed by atoms with Gasteiger partial charge >= 0.3 is 0 Å². The van der Waals surface area contributed by atoms with Crippen molar-refractivity contribution in [3.8, 4) is 0 Å². The van der Waals surface area contributed by atoms with E-state index in [0.29, 0.717) is 0 Å². The van der Waals surface area contributed by atoms with E-state index >= 15 is 0 Å². The molecule has 15 heavy (non-hydrogen) atoms. The molecular weight excluding hydrogens is 299 g/mol. The minimum atomic E-state index is 0.928. The number of hydrogen-bond acceptors (Lipinski definition) is 2. The molecule has 1 heterocycles. The normalized spacial score (nSPS) is 17.5. The Kier molecular flexibility index (Phi) is 3.94. The summed E-state index contributed by atoms with van der Waals surface area (Å²) in [6, 6.07) is 0. The molecule has 2 nitrogen and oxygen atoms in total. The largest absolute Gasteiger partial charge is 0.238 e. The molecule has 0 amide bonds. The van der Waals surface area contributed by atoms with Crippen LogP contribution in [0.4, 0.5) is 0 Å². The number of rotatable bonds is 0. The third-order valence-corrected chi connectivity index (χ3v) is 3.89. The molecule has 0 unspecified atom stereocenters. The van der Waals surface area contributed by atoms with E-state index in [1.165, 1.54) is 53.5 Å². The molecular formula is C12H17IN2. The van der Waals surface area contributed by atoms with E-state index in [1.807, 2.05) is 6.92 Å². The smallest absolute Gasteiger partial charge is 0.126 e. The van der Waals surface area contributed by atoms with Gasteiger partial charge < -0.3 is 0 Å². The molecule has 3 heteroatoms. The third kappa shape index (κ3) is 2.89. The number of nitrogens with zero attached hydrogens (tertiary/aromatic N) is 2. The fourth-order valence-electron chi connectivity index (χ4n) is 2.20. The summed E-state index contributed by atoms with van der Waals surface area (Å²) in [5.41, 5.74) is 2.73. The van der Waals surface area contributed by atoms with Gasteiger partial charge in [-0.25, -0.2) is 9.97 Å². The summed E-state index contributed by atoms with van der Waals surface area (Å²) in [7, 11) is 0. The summed E-state index contributed by atoms with van der Waals surface area (Å²) in [6.07, 6.45) is 9.02. The Hall–Kier alpha value is -0.190. The van der Waals surface area contributed by atoms with Crippen LogP contribution < -0.4 is 0 Å². The molecule has 2 rings (SSSR count). The van der Waals surface area contributed by atoms with E-state index in [4.69, 9.17) is 0 Å². The highest BCUT2D eigenvalue weighted by atomic mass is 127. The zero-order chi connectivity index (χ0) is 10.7. The summed E-state index contributed by atoms with van der Waals surface area (Å²) < 4.78 is 1.18. The minimum Gasteiger partial charge on any atom is -0.238 e. The molecule has 0 N–H and O–H groups in total. The highest BCUT2D eigenvalue weighted by Gasteiger charge is 2.12. The van der Waals surface area contributed by atoms with Gasteiger partial charge in [0.25, 0.3) is 0 Å². The second-order valence-corrected chi connectivity index (χ2v) is 5.28. The first-order chi connectivity index (χ1) is 7.27. The molecule has 0 saturated heterocycles. The van der Waals surface area contributed by atoms with E-state index in [1.54, 1.807) is 0 Å². The average molecular weight is 316 g/mol. The molecule has 1 aliphatic carbocycles. The van der Waals surface area contributed by atoms with Crippen molar-refractivity contribution in [1.82, 2.24) is 9.97 Å². The topological polar surface area (TPSA) is 25.8 Å². The standard InChI is InChI=1S/C12H17IN2/c1-9-14-11-8-6-4-2-3-5-7-10(11)12(13)15-9/h2-8H2,1H3. The van der Waals surface area contributed by atoms with Gasteiger partial charge in [-0.3, -0.25) is 0 Å². The van der Waals surface area contributed by atoms with Crippen LogP contribution in [0.2, 0.25) is 0 Å². The second-order valence-electron chi connectivity index (χ2n) is 4.25. The first-order valence-corrected chi connectivity index (χ1v) is 6.87. The van der Waals surface area contributed by atoms with Gasteiger partial charge in [0, 0.05) is 11.3 Å². The number of aromatic nitrogens is 2. The molecule has 1 aromatic rings. The highest BCUT2D eigenvalue weighted by Crippen LogP contribution is 2.21. The van der Waals surface area contributed by atoms with Crippen LogP contribution in [0.1, 0.15) is 49.2 Å². The third-order valence-electron chi connectivity index (χ3n) is 2.99. The minimum absolute atomic E-state index is 0.928. The van der Waals surface area contributed by atoms with Gasteiger partial charge in [-0.2, -0.15) is 0 Å². The van der Waals surface area contributed by atoms with E-state index in [0.717, 1.165) is 12.2 Å². The summed E-state index contributed by atoms with van der Waals surface area (Å²) in [4.78, 5) is 9.07. The Morgan fingerprint density at radius 1 is 0.933 bits per heavy atom. The van der Waals surface area contributed by atoms with Crippen molar-refractivity contribution in [2.45, 2.75) is 51.9 Å². The SMILES string of the molecule is Cc1nc(I)c2c(n1)CCCCCCC2. The molecule has 0 saturated carbocycles. The molecule has 0 fully saturated rings. The van der Waals surface area contributed by atoms with Gasteiger partial charge in [-0.1, -0.05) is 19.3 Å². The Morgan fingerprint density at radius 2 is 1.60 bits per heavy atom. The van der Waals surface area contributed by atoms with Crippen molar-refractivity contribution >= 4 is 22.6 Å². The maximum atomic E-state index is 4.60. The number of fused-ring (bicyclic) bond motifs is 1. The van der Waals surface area contributed by atoms with Gasteiger partial charge in [0.1, 0.15) is 9.53 Å². The second kappa shape index (κ2) is 5.23. The van der Waals surface area contributed by atoms with Crippen LogP contribution in [0.3, 0.4) is 0 Å². The van der Waals surface area contributed by atoms with Crippen LogP contribution in [-0.2, 0) is 12.8 Å². The highest BCUT2D eigenvalue weighted by molar-refractivity contribution is 14.1. The van der Waals surface area contributed by atoms with Crippen LogP contribution in [0, 0.1) is 10.6 Å². The van der Waals surface area contributed by atoms with Crippen LogP contribution in [0.25, 0.3) is 0 Å². The lowest BCUT2D eigenvalue weighted by molar-refractivity contribution is 0.628. The zero-order valence-electron chi connectivity index (χ0n) is 9.22. The van der Waals surface area contributed by atoms with E-state index in [-0.39, 0.29) is 0 Å². The number of hydrogen-bond donors (Lipinski definition) is 0. The molecule has 0 radical (unpaired) electrons. The monoisotopic (exact) mass is 316 g/mol. The molecule has 0 aliphatic heterocycles. The molecule has 0 aromatic carbocycles. The van der Waals surface area contributed by atoms with Crippen molar-refractivity contribution < 1.29 is 0 Å². The van der Waals surface area contributed by atoms with E-state index in [9.17, 15) is 0 Å². The Bertz CT molecular complexity index is 350. The molecule has 0 atom stereocenters. The first kappa shape index (κ1) is 11.3. The van der Waals surface area contributed by atoms with E-state index < -0.39 is 0 Å². The van der Waals surface area contributed by atoms with Gasteiger partial charge in [-0.05, 0) is 55.2 Å². The van der Waals surface area contributed by atoms with E-state index in [2.05, 4.69) is 32.6 Å². The lowest BCUT2D eigenvalue weighted by atomic mass is 10.1. The molecule has 1 aliphatic rings. The van der Waals surface area contributed by atoms with Gasteiger partial charge in [0.15, 0.2) is 0 Å². The zero-order valence-corrected chi connectivity index (χ0v) is 11.4.